The number of rotatable bonds is 8. The summed E-state index contributed by atoms with van der Waals surface area (Å²) >= 11 is 0. The van der Waals surface area contributed by atoms with Gasteiger partial charge in [0, 0.05) is 0 Å². The monoisotopic (exact) mass is 266 g/mol. The van der Waals surface area contributed by atoms with E-state index in [2.05, 4.69) is 0 Å². The fourth-order valence-electron chi connectivity index (χ4n) is 1.59. The number of carbonyl (C=O) groups excluding carboxylic acids is 1. The Labute approximate surface area is 113 Å². The number of ether oxygens (including phenoxy) is 2. The first-order valence-corrected chi connectivity index (χ1v) is 6.41. The highest BCUT2D eigenvalue weighted by atomic mass is 16.5. The molecule has 4 N–H and O–H groups in total. The van der Waals surface area contributed by atoms with E-state index in [1.54, 1.807) is 6.92 Å². The Bertz CT molecular complexity index is 419. The maximum Gasteiger partial charge on any atom is 0.237 e. The molecule has 1 rings (SSSR count). The van der Waals surface area contributed by atoms with E-state index in [9.17, 15) is 4.79 Å². The first-order chi connectivity index (χ1) is 8.97. The molecule has 0 aliphatic rings. The minimum absolute atomic E-state index is 0.462. The summed E-state index contributed by atoms with van der Waals surface area (Å²) in [4.78, 5) is 11.1. The topological polar surface area (TPSA) is 87.6 Å². The van der Waals surface area contributed by atoms with Crippen molar-refractivity contribution in [2.75, 3.05) is 13.2 Å². The van der Waals surface area contributed by atoms with Crippen molar-refractivity contribution in [2.24, 2.45) is 11.5 Å². The van der Waals surface area contributed by atoms with E-state index < -0.39 is 11.4 Å². The highest BCUT2D eigenvalue weighted by molar-refractivity contribution is 5.83. The molecule has 0 saturated heterocycles. The van der Waals surface area contributed by atoms with Gasteiger partial charge in [-0.2, -0.15) is 0 Å². The molecule has 1 amide bonds. The van der Waals surface area contributed by atoms with Crippen LogP contribution in [0.5, 0.6) is 11.5 Å². The molecule has 1 aromatic rings. The lowest BCUT2D eigenvalue weighted by molar-refractivity contribution is -0.122. The molecule has 0 heterocycles. The normalized spacial score (nSPS) is 13.6. The number of hydrogen-bond donors (Lipinski definition) is 2. The van der Waals surface area contributed by atoms with E-state index in [4.69, 9.17) is 20.9 Å². The van der Waals surface area contributed by atoms with E-state index in [1.807, 2.05) is 31.2 Å². The minimum atomic E-state index is -0.983. The molecule has 0 saturated carbocycles. The summed E-state index contributed by atoms with van der Waals surface area (Å²) in [6.07, 6.45) is 1.13. The predicted octanol–water partition coefficient (Wildman–Crippen LogP) is 1.45. The first-order valence-electron chi connectivity index (χ1n) is 6.41. The van der Waals surface area contributed by atoms with Crippen molar-refractivity contribution in [3.8, 4) is 11.5 Å². The van der Waals surface area contributed by atoms with Gasteiger partial charge in [0.1, 0.15) is 0 Å². The second-order valence-electron chi connectivity index (χ2n) is 4.61. The SMILES string of the molecule is CCOc1ccccc1OCCCC(C)(N)C(N)=O. The van der Waals surface area contributed by atoms with Gasteiger partial charge in [-0.25, -0.2) is 0 Å². The fraction of sp³-hybridized carbons (Fsp3) is 0.500. The Morgan fingerprint density at radius 1 is 1.26 bits per heavy atom. The minimum Gasteiger partial charge on any atom is -0.490 e. The molecule has 1 unspecified atom stereocenters. The molecule has 106 valence electrons. The Morgan fingerprint density at radius 3 is 2.37 bits per heavy atom. The van der Waals surface area contributed by atoms with Gasteiger partial charge in [-0.1, -0.05) is 12.1 Å². The molecule has 1 aromatic carbocycles. The lowest BCUT2D eigenvalue weighted by atomic mass is 9.97. The summed E-state index contributed by atoms with van der Waals surface area (Å²) in [5.74, 6) is 0.916. The van der Waals surface area contributed by atoms with Crippen LogP contribution in [0.2, 0.25) is 0 Å². The largest absolute Gasteiger partial charge is 0.490 e. The number of para-hydroxylation sites is 2. The zero-order chi connectivity index (χ0) is 14.3. The zero-order valence-electron chi connectivity index (χ0n) is 11.5. The van der Waals surface area contributed by atoms with Crippen LogP contribution >= 0.6 is 0 Å². The Kier molecular flexibility index (Phi) is 5.63. The van der Waals surface area contributed by atoms with Crippen LogP contribution in [0.3, 0.4) is 0 Å². The fourth-order valence-corrected chi connectivity index (χ4v) is 1.59. The molecule has 0 fully saturated rings. The average Bonchev–Trinajstić information content (AvgIpc) is 2.36. The van der Waals surface area contributed by atoms with Crippen molar-refractivity contribution in [1.82, 2.24) is 0 Å². The first kappa shape index (κ1) is 15.3. The molecule has 0 spiro atoms. The van der Waals surface area contributed by atoms with E-state index in [0.29, 0.717) is 31.8 Å². The maximum absolute atomic E-state index is 11.1. The van der Waals surface area contributed by atoms with Crippen molar-refractivity contribution in [2.45, 2.75) is 32.2 Å². The molecule has 0 aliphatic carbocycles. The Balaban J connectivity index is 2.43. The Hall–Kier alpha value is -1.75. The van der Waals surface area contributed by atoms with E-state index >= 15 is 0 Å². The van der Waals surface area contributed by atoms with Crippen molar-refractivity contribution < 1.29 is 14.3 Å². The van der Waals surface area contributed by atoms with Gasteiger partial charge in [-0.15, -0.1) is 0 Å². The third kappa shape index (κ3) is 4.79. The van der Waals surface area contributed by atoms with Crippen LogP contribution in [-0.4, -0.2) is 24.7 Å². The van der Waals surface area contributed by atoms with Crippen LogP contribution in [0.25, 0.3) is 0 Å². The van der Waals surface area contributed by atoms with Gasteiger partial charge in [-0.3, -0.25) is 4.79 Å². The van der Waals surface area contributed by atoms with Crippen LogP contribution in [0.15, 0.2) is 24.3 Å². The van der Waals surface area contributed by atoms with Gasteiger partial charge in [0.05, 0.1) is 18.8 Å². The van der Waals surface area contributed by atoms with Crippen LogP contribution < -0.4 is 20.9 Å². The second-order valence-corrected chi connectivity index (χ2v) is 4.61. The standard InChI is InChI=1S/C14H22N2O3/c1-3-18-11-7-4-5-8-12(11)19-10-6-9-14(2,16)13(15)17/h4-5,7-8H,3,6,9-10,16H2,1-2H3,(H2,15,17). The maximum atomic E-state index is 11.1. The quantitative estimate of drug-likeness (QED) is 0.697. The lowest BCUT2D eigenvalue weighted by Gasteiger charge is -2.20. The number of amides is 1. The summed E-state index contributed by atoms with van der Waals surface area (Å²) in [6, 6.07) is 7.48. The number of nitrogens with two attached hydrogens (primary N) is 2. The number of hydrogen-bond acceptors (Lipinski definition) is 4. The molecule has 0 aromatic heterocycles. The third-order valence-corrected chi connectivity index (χ3v) is 2.81. The van der Waals surface area contributed by atoms with Gasteiger partial charge in [0.25, 0.3) is 0 Å². The van der Waals surface area contributed by atoms with Crippen LogP contribution in [0.1, 0.15) is 26.7 Å². The molecular formula is C14H22N2O3. The highest BCUT2D eigenvalue weighted by Gasteiger charge is 2.24. The van der Waals surface area contributed by atoms with E-state index in [0.717, 1.165) is 5.75 Å². The van der Waals surface area contributed by atoms with Crippen LogP contribution in [0.4, 0.5) is 0 Å². The lowest BCUT2D eigenvalue weighted by Crippen LogP contribution is -2.49. The predicted molar refractivity (Wildman–Crippen MR) is 74.1 cm³/mol. The van der Waals surface area contributed by atoms with Crippen molar-refractivity contribution in [1.29, 1.82) is 0 Å². The molecule has 0 aliphatic heterocycles. The van der Waals surface area contributed by atoms with E-state index in [-0.39, 0.29) is 0 Å². The van der Waals surface area contributed by atoms with Gasteiger partial charge in [0.2, 0.25) is 5.91 Å². The van der Waals surface area contributed by atoms with Gasteiger partial charge in [0.15, 0.2) is 11.5 Å². The number of primary amides is 1. The summed E-state index contributed by atoms with van der Waals surface area (Å²) < 4.78 is 11.1. The summed E-state index contributed by atoms with van der Waals surface area (Å²) in [6.45, 7) is 4.60. The smallest absolute Gasteiger partial charge is 0.237 e. The summed E-state index contributed by atoms with van der Waals surface area (Å²) in [7, 11) is 0. The van der Waals surface area contributed by atoms with Crippen molar-refractivity contribution in [3.63, 3.8) is 0 Å². The molecule has 5 nitrogen and oxygen atoms in total. The van der Waals surface area contributed by atoms with Gasteiger partial charge >= 0.3 is 0 Å². The molecule has 0 bridgehead atoms. The van der Waals surface area contributed by atoms with Crippen molar-refractivity contribution >= 4 is 5.91 Å². The molecule has 19 heavy (non-hydrogen) atoms. The van der Waals surface area contributed by atoms with Gasteiger partial charge in [-0.05, 0) is 38.8 Å². The summed E-state index contributed by atoms with van der Waals surface area (Å²) in [5.41, 5.74) is 9.98. The Morgan fingerprint density at radius 2 is 1.84 bits per heavy atom. The van der Waals surface area contributed by atoms with Crippen molar-refractivity contribution in [3.05, 3.63) is 24.3 Å². The number of carbonyl (C=O) groups is 1. The number of benzene rings is 1. The van der Waals surface area contributed by atoms with Gasteiger partial charge < -0.3 is 20.9 Å². The molecule has 0 radical (unpaired) electrons. The second kappa shape index (κ2) is 6.99. The third-order valence-electron chi connectivity index (χ3n) is 2.81. The molecule has 5 heteroatoms. The van der Waals surface area contributed by atoms with E-state index in [1.165, 1.54) is 0 Å². The zero-order valence-corrected chi connectivity index (χ0v) is 11.5. The van der Waals surface area contributed by atoms with Crippen LogP contribution in [-0.2, 0) is 4.79 Å². The summed E-state index contributed by atoms with van der Waals surface area (Å²) in [5, 5.41) is 0. The average molecular weight is 266 g/mol. The molecular weight excluding hydrogens is 244 g/mol. The molecule has 1 atom stereocenters. The highest BCUT2D eigenvalue weighted by Crippen LogP contribution is 2.26. The van der Waals surface area contributed by atoms with Crippen LogP contribution in [0, 0.1) is 0 Å².